The number of ether oxygens (including phenoxy) is 3. The van der Waals surface area contributed by atoms with Gasteiger partial charge in [0, 0.05) is 6.42 Å². The molecule has 0 aliphatic carbocycles. The lowest BCUT2D eigenvalue weighted by molar-refractivity contribution is 0.169. The third-order valence-electron chi connectivity index (χ3n) is 3.05. The van der Waals surface area contributed by atoms with Gasteiger partial charge in [-0.05, 0) is 29.8 Å². The molecular formula is C15H18O5. The molecule has 0 saturated carbocycles. The van der Waals surface area contributed by atoms with E-state index in [0.717, 1.165) is 0 Å². The minimum Gasteiger partial charge on any atom is -0.493 e. The molecule has 0 radical (unpaired) electrons. The summed E-state index contributed by atoms with van der Waals surface area (Å²) in [4.78, 5) is 0. The summed E-state index contributed by atoms with van der Waals surface area (Å²) in [5.41, 5.74) is 0.677. The number of hydrogen-bond donors (Lipinski definition) is 1. The van der Waals surface area contributed by atoms with Crippen molar-refractivity contribution in [1.29, 1.82) is 0 Å². The van der Waals surface area contributed by atoms with Crippen LogP contribution in [0.2, 0.25) is 0 Å². The Bertz CT molecular complexity index is 522. The predicted octanol–water partition coefficient (Wildman–Crippen LogP) is 2.58. The lowest BCUT2D eigenvalue weighted by atomic mass is 10.0. The Morgan fingerprint density at radius 1 is 1.10 bits per heavy atom. The van der Waals surface area contributed by atoms with Gasteiger partial charge in [0.05, 0.1) is 33.7 Å². The number of rotatable bonds is 6. The van der Waals surface area contributed by atoms with Gasteiger partial charge in [0.1, 0.15) is 5.76 Å². The summed E-state index contributed by atoms with van der Waals surface area (Å²) in [5.74, 6) is 2.25. The van der Waals surface area contributed by atoms with Crippen LogP contribution in [0.4, 0.5) is 0 Å². The summed E-state index contributed by atoms with van der Waals surface area (Å²) >= 11 is 0. The normalized spacial score (nSPS) is 12.0. The molecule has 0 aliphatic rings. The lowest BCUT2D eigenvalue weighted by Gasteiger charge is -2.16. The maximum atomic E-state index is 10.3. The average molecular weight is 278 g/mol. The van der Waals surface area contributed by atoms with E-state index < -0.39 is 6.10 Å². The van der Waals surface area contributed by atoms with Gasteiger partial charge < -0.3 is 23.7 Å². The fraction of sp³-hybridized carbons (Fsp3) is 0.333. The molecule has 1 aromatic heterocycles. The summed E-state index contributed by atoms with van der Waals surface area (Å²) in [7, 11) is 4.62. The molecule has 0 aliphatic heterocycles. The SMILES string of the molecule is COc1cc(C(O)Cc2ccco2)cc(OC)c1OC. The number of aliphatic hydroxyl groups excluding tert-OH is 1. The van der Waals surface area contributed by atoms with Crippen LogP contribution >= 0.6 is 0 Å². The summed E-state index contributed by atoms with van der Waals surface area (Å²) in [6.07, 6.45) is 1.25. The van der Waals surface area contributed by atoms with E-state index in [4.69, 9.17) is 18.6 Å². The molecule has 2 aromatic rings. The van der Waals surface area contributed by atoms with E-state index in [2.05, 4.69) is 0 Å². The maximum Gasteiger partial charge on any atom is 0.203 e. The molecule has 1 unspecified atom stereocenters. The van der Waals surface area contributed by atoms with Crippen LogP contribution < -0.4 is 14.2 Å². The van der Waals surface area contributed by atoms with Crippen LogP contribution in [0.15, 0.2) is 34.9 Å². The van der Waals surface area contributed by atoms with Gasteiger partial charge in [-0.25, -0.2) is 0 Å². The molecule has 0 bridgehead atoms. The van der Waals surface area contributed by atoms with Crippen molar-refractivity contribution in [2.45, 2.75) is 12.5 Å². The average Bonchev–Trinajstić information content (AvgIpc) is 2.98. The first kappa shape index (κ1) is 14.3. The topological polar surface area (TPSA) is 61.1 Å². The van der Waals surface area contributed by atoms with E-state index in [1.165, 1.54) is 0 Å². The molecule has 0 spiro atoms. The van der Waals surface area contributed by atoms with Crippen LogP contribution in [-0.2, 0) is 6.42 Å². The second-order valence-electron chi connectivity index (χ2n) is 4.26. The first-order chi connectivity index (χ1) is 9.69. The highest BCUT2D eigenvalue weighted by atomic mass is 16.5. The van der Waals surface area contributed by atoms with Crippen molar-refractivity contribution >= 4 is 0 Å². The molecule has 2 rings (SSSR count). The van der Waals surface area contributed by atoms with Gasteiger partial charge in [-0.1, -0.05) is 0 Å². The monoisotopic (exact) mass is 278 g/mol. The zero-order valence-electron chi connectivity index (χ0n) is 11.8. The van der Waals surface area contributed by atoms with Gasteiger partial charge in [-0.2, -0.15) is 0 Å². The highest BCUT2D eigenvalue weighted by Crippen LogP contribution is 2.40. The highest BCUT2D eigenvalue weighted by molar-refractivity contribution is 5.54. The Morgan fingerprint density at radius 2 is 1.75 bits per heavy atom. The van der Waals surface area contributed by atoms with Gasteiger partial charge in [0.25, 0.3) is 0 Å². The fourth-order valence-electron chi connectivity index (χ4n) is 2.03. The molecular weight excluding hydrogens is 260 g/mol. The number of methoxy groups -OCH3 is 3. The Balaban J connectivity index is 2.31. The largest absolute Gasteiger partial charge is 0.493 e. The van der Waals surface area contributed by atoms with E-state index in [1.54, 1.807) is 45.8 Å². The fourth-order valence-corrected chi connectivity index (χ4v) is 2.03. The first-order valence-corrected chi connectivity index (χ1v) is 6.20. The molecule has 1 aromatic carbocycles. The van der Waals surface area contributed by atoms with E-state index >= 15 is 0 Å². The van der Waals surface area contributed by atoms with E-state index in [1.807, 2.05) is 6.07 Å². The number of aliphatic hydroxyl groups is 1. The van der Waals surface area contributed by atoms with Gasteiger partial charge >= 0.3 is 0 Å². The Morgan fingerprint density at radius 3 is 2.20 bits per heavy atom. The van der Waals surface area contributed by atoms with Crippen molar-refractivity contribution in [2.75, 3.05) is 21.3 Å². The van der Waals surface area contributed by atoms with Gasteiger partial charge in [-0.15, -0.1) is 0 Å². The van der Waals surface area contributed by atoms with E-state index in [-0.39, 0.29) is 0 Å². The second kappa shape index (κ2) is 6.34. The zero-order chi connectivity index (χ0) is 14.5. The summed E-state index contributed by atoms with van der Waals surface area (Å²) in [6.45, 7) is 0. The molecule has 0 saturated heterocycles. The predicted molar refractivity (Wildman–Crippen MR) is 73.5 cm³/mol. The quantitative estimate of drug-likeness (QED) is 0.880. The minimum absolute atomic E-state index is 0.381. The molecule has 1 heterocycles. The van der Waals surface area contributed by atoms with Crippen molar-refractivity contribution in [2.24, 2.45) is 0 Å². The number of furan rings is 1. The smallest absolute Gasteiger partial charge is 0.203 e. The molecule has 1 N–H and O–H groups in total. The minimum atomic E-state index is -0.713. The van der Waals surface area contributed by atoms with Crippen molar-refractivity contribution in [3.8, 4) is 17.2 Å². The Labute approximate surface area is 117 Å². The van der Waals surface area contributed by atoms with Crippen LogP contribution in [0, 0.1) is 0 Å². The Kier molecular flexibility index (Phi) is 4.53. The highest BCUT2D eigenvalue weighted by Gasteiger charge is 2.18. The summed E-state index contributed by atoms with van der Waals surface area (Å²) in [5, 5.41) is 10.3. The molecule has 108 valence electrons. The van der Waals surface area contributed by atoms with Crippen LogP contribution in [0.1, 0.15) is 17.4 Å². The maximum absolute atomic E-state index is 10.3. The number of benzene rings is 1. The van der Waals surface area contributed by atoms with Gasteiger partial charge in [0.15, 0.2) is 11.5 Å². The molecule has 0 amide bonds. The molecule has 0 fully saturated rings. The van der Waals surface area contributed by atoms with Crippen molar-refractivity contribution in [3.63, 3.8) is 0 Å². The van der Waals surface area contributed by atoms with Crippen LogP contribution in [0.5, 0.6) is 17.2 Å². The third kappa shape index (κ3) is 2.88. The molecule has 5 nitrogen and oxygen atoms in total. The van der Waals surface area contributed by atoms with Gasteiger partial charge in [0.2, 0.25) is 5.75 Å². The van der Waals surface area contributed by atoms with Crippen molar-refractivity contribution in [1.82, 2.24) is 0 Å². The molecule has 1 atom stereocenters. The Hall–Kier alpha value is -2.14. The van der Waals surface area contributed by atoms with Crippen LogP contribution in [0.25, 0.3) is 0 Å². The van der Waals surface area contributed by atoms with E-state index in [9.17, 15) is 5.11 Å². The third-order valence-corrected chi connectivity index (χ3v) is 3.05. The first-order valence-electron chi connectivity index (χ1n) is 6.20. The second-order valence-corrected chi connectivity index (χ2v) is 4.26. The standard InChI is InChI=1S/C15H18O5/c1-17-13-7-10(8-14(18-2)15(13)19-3)12(16)9-11-5-4-6-20-11/h4-8,12,16H,9H2,1-3H3. The lowest BCUT2D eigenvalue weighted by Crippen LogP contribution is -2.03. The number of hydrogen-bond acceptors (Lipinski definition) is 5. The zero-order valence-corrected chi connectivity index (χ0v) is 11.8. The molecule has 5 heteroatoms. The van der Waals surface area contributed by atoms with Crippen molar-refractivity contribution in [3.05, 3.63) is 41.9 Å². The van der Waals surface area contributed by atoms with Crippen molar-refractivity contribution < 1.29 is 23.7 Å². The van der Waals surface area contributed by atoms with E-state index in [0.29, 0.717) is 35.0 Å². The summed E-state index contributed by atoms with van der Waals surface area (Å²) in [6, 6.07) is 7.07. The molecule has 20 heavy (non-hydrogen) atoms. The van der Waals surface area contributed by atoms with Gasteiger partial charge in [-0.3, -0.25) is 0 Å². The van der Waals surface area contributed by atoms with Crippen LogP contribution in [0.3, 0.4) is 0 Å². The summed E-state index contributed by atoms with van der Waals surface area (Å²) < 4.78 is 21.0. The van der Waals surface area contributed by atoms with Crippen LogP contribution in [-0.4, -0.2) is 26.4 Å².